The number of hydrogen-bond donors (Lipinski definition) is 1. The Bertz CT molecular complexity index is 617. The number of thioether (sulfide) groups is 1. The van der Waals surface area contributed by atoms with Gasteiger partial charge in [0.25, 0.3) is 0 Å². The van der Waals surface area contributed by atoms with E-state index in [4.69, 9.17) is 0 Å². The molecule has 1 aliphatic rings. The van der Waals surface area contributed by atoms with E-state index in [1.165, 1.54) is 19.3 Å². The van der Waals surface area contributed by atoms with Crippen molar-refractivity contribution < 1.29 is 9.59 Å². The molecule has 6 heteroatoms. The van der Waals surface area contributed by atoms with E-state index in [-0.39, 0.29) is 24.4 Å². The average Bonchev–Trinajstić information content (AvgIpc) is 2.67. The second kappa shape index (κ2) is 9.97. The summed E-state index contributed by atoms with van der Waals surface area (Å²) in [6.07, 6.45) is 7.83. The van der Waals surface area contributed by atoms with Gasteiger partial charge in [0.2, 0.25) is 11.8 Å². The number of carbonyl (C=O) groups is 2. The van der Waals surface area contributed by atoms with Crippen molar-refractivity contribution in [3.05, 3.63) is 24.3 Å². The van der Waals surface area contributed by atoms with E-state index in [0.717, 1.165) is 23.4 Å². The molecule has 2 rings (SSSR count). The van der Waals surface area contributed by atoms with Crippen LogP contribution in [0, 0.1) is 0 Å². The number of likely N-dealkylation sites (N-methyl/N-ethyl adjacent to an activating group) is 2. The molecule has 1 aromatic rings. The van der Waals surface area contributed by atoms with E-state index in [1.807, 2.05) is 61.3 Å². The molecule has 26 heavy (non-hydrogen) atoms. The SMILES string of the molecule is CSc1ccccc1NC(=O)CN(C)[C@H](C)C(=O)N(C)C1CCCCC1. The number of hydrogen-bond acceptors (Lipinski definition) is 4. The highest BCUT2D eigenvalue weighted by atomic mass is 32.2. The van der Waals surface area contributed by atoms with Crippen LogP contribution in [-0.4, -0.2) is 60.6 Å². The van der Waals surface area contributed by atoms with Gasteiger partial charge in [-0.1, -0.05) is 31.4 Å². The van der Waals surface area contributed by atoms with Crippen LogP contribution in [0.1, 0.15) is 39.0 Å². The Morgan fingerprint density at radius 3 is 2.50 bits per heavy atom. The molecule has 1 saturated carbocycles. The number of carbonyl (C=O) groups excluding carboxylic acids is 2. The zero-order valence-electron chi connectivity index (χ0n) is 16.3. The van der Waals surface area contributed by atoms with Crippen molar-refractivity contribution in [3.8, 4) is 0 Å². The normalized spacial score (nSPS) is 16.3. The van der Waals surface area contributed by atoms with Gasteiger partial charge >= 0.3 is 0 Å². The third-order valence-electron chi connectivity index (χ3n) is 5.26. The lowest BCUT2D eigenvalue weighted by Crippen LogP contribution is -2.49. The van der Waals surface area contributed by atoms with Crippen LogP contribution in [0.5, 0.6) is 0 Å². The number of para-hydroxylation sites is 1. The molecule has 1 aromatic carbocycles. The first kappa shape index (κ1) is 20.8. The largest absolute Gasteiger partial charge is 0.341 e. The molecule has 0 aliphatic heterocycles. The van der Waals surface area contributed by atoms with Crippen LogP contribution < -0.4 is 5.32 Å². The summed E-state index contributed by atoms with van der Waals surface area (Å²) in [4.78, 5) is 29.9. The van der Waals surface area contributed by atoms with Crippen molar-refractivity contribution in [3.63, 3.8) is 0 Å². The van der Waals surface area contributed by atoms with E-state index in [9.17, 15) is 9.59 Å². The summed E-state index contributed by atoms with van der Waals surface area (Å²) in [5, 5.41) is 2.95. The molecule has 0 saturated heterocycles. The molecule has 0 heterocycles. The number of benzene rings is 1. The third-order valence-corrected chi connectivity index (χ3v) is 6.06. The second-order valence-electron chi connectivity index (χ2n) is 7.08. The lowest BCUT2D eigenvalue weighted by molar-refractivity contribution is -0.137. The van der Waals surface area contributed by atoms with Crippen LogP contribution in [0.4, 0.5) is 5.69 Å². The molecule has 1 atom stereocenters. The lowest BCUT2D eigenvalue weighted by Gasteiger charge is -2.35. The molecular weight excluding hydrogens is 346 g/mol. The summed E-state index contributed by atoms with van der Waals surface area (Å²) in [6.45, 7) is 2.07. The van der Waals surface area contributed by atoms with E-state index in [2.05, 4.69) is 5.32 Å². The van der Waals surface area contributed by atoms with Gasteiger partial charge in [-0.15, -0.1) is 11.8 Å². The first-order valence-corrected chi connectivity index (χ1v) is 10.6. The highest BCUT2D eigenvalue weighted by molar-refractivity contribution is 7.98. The fourth-order valence-corrected chi connectivity index (χ4v) is 3.99. The molecule has 2 amide bonds. The quantitative estimate of drug-likeness (QED) is 0.740. The Morgan fingerprint density at radius 2 is 1.85 bits per heavy atom. The van der Waals surface area contributed by atoms with E-state index < -0.39 is 0 Å². The molecule has 1 N–H and O–H groups in total. The Morgan fingerprint density at radius 1 is 1.19 bits per heavy atom. The van der Waals surface area contributed by atoms with Crippen LogP contribution in [0.25, 0.3) is 0 Å². The van der Waals surface area contributed by atoms with Crippen molar-refractivity contribution >= 4 is 29.3 Å². The fourth-order valence-electron chi connectivity index (χ4n) is 3.43. The Kier molecular flexibility index (Phi) is 7.97. The first-order chi connectivity index (χ1) is 12.4. The van der Waals surface area contributed by atoms with Crippen LogP contribution >= 0.6 is 11.8 Å². The Hall–Kier alpha value is -1.53. The molecule has 0 bridgehead atoms. The average molecular weight is 378 g/mol. The minimum atomic E-state index is -0.316. The fraction of sp³-hybridized carbons (Fsp3) is 0.600. The van der Waals surface area contributed by atoms with Gasteiger partial charge in [0.05, 0.1) is 18.3 Å². The molecule has 1 fully saturated rings. The van der Waals surface area contributed by atoms with E-state index in [1.54, 1.807) is 11.8 Å². The maximum atomic E-state index is 12.8. The monoisotopic (exact) mass is 377 g/mol. The third kappa shape index (κ3) is 5.48. The predicted molar refractivity (Wildman–Crippen MR) is 109 cm³/mol. The molecule has 0 radical (unpaired) electrons. The highest BCUT2D eigenvalue weighted by Crippen LogP contribution is 2.25. The summed E-state index contributed by atoms with van der Waals surface area (Å²) < 4.78 is 0. The van der Waals surface area contributed by atoms with Crippen LogP contribution in [0.15, 0.2) is 29.2 Å². The Balaban J connectivity index is 1.89. The number of rotatable bonds is 7. The van der Waals surface area contributed by atoms with Gasteiger partial charge in [0.1, 0.15) is 0 Å². The second-order valence-corrected chi connectivity index (χ2v) is 7.93. The minimum Gasteiger partial charge on any atom is -0.341 e. The van der Waals surface area contributed by atoms with Gasteiger partial charge < -0.3 is 10.2 Å². The van der Waals surface area contributed by atoms with Gasteiger partial charge in [-0.05, 0) is 45.2 Å². The summed E-state index contributed by atoms with van der Waals surface area (Å²) in [5.41, 5.74) is 0.816. The molecule has 144 valence electrons. The van der Waals surface area contributed by atoms with Crippen molar-refractivity contribution in [2.24, 2.45) is 0 Å². The van der Waals surface area contributed by atoms with Gasteiger partial charge in [-0.2, -0.15) is 0 Å². The van der Waals surface area contributed by atoms with Gasteiger partial charge in [-0.25, -0.2) is 0 Å². The number of nitrogens with zero attached hydrogens (tertiary/aromatic N) is 2. The molecular formula is C20H31N3O2S. The van der Waals surface area contributed by atoms with Crippen LogP contribution in [-0.2, 0) is 9.59 Å². The lowest BCUT2D eigenvalue weighted by atomic mass is 9.94. The number of anilines is 1. The molecule has 0 unspecified atom stereocenters. The van der Waals surface area contributed by atoms with Gasteiger partial charge in [0, 0.05) is 18.0 Å². The van der Waals surface area contributed by atoms with Gasteiger partial charge in [-0.3, -0.25) is 14.5 Å². The maximum Gasteiger partial charge on any atom is 0.239 e. The summed E-state index contributed by atoms with van der Waals surface area (Å²) >= 11 is 1.60. The van der Waals surface area contributed by atoms with E-state index in [0.29, 0.717) is 6.04 Å². The molecule has 0 aromatic heterocycles. The number of amides is 2. The predicted octanol–water partition coefficient (Wildman–Crippen LogP) is 3.46. The standard InChI is InChI=1S/C20H31N3O2S/c1-15(20(25)23(3)16-10-6-5-7-11-16)22(2)14-19(24)21-17-12-8-9-13-18(17)26-4/h8-9,12-13,15-16H,5-7,10-11,14H2,1-4H3,(H,21,24)/t15-/m1/s1. The number of nitrogens with one attached hydrogen (secondary N) is 1. The zero-order valence-corrected chi connectivity index (χ0v) is 17.1. The smallest absolute Gasteiger partial charge is 0.239 e. The van der Waals surface area contributed by atoms with Crippen molar-refractivity contribution in [1.82, 2.24) is 9.80 Å². The minimum absolute atomic E-state index is 0.0942. The molecule has 5 nitrogen and oxygen atoms in total. The Labute approximate surface area is 161 Å². The van der Waals surface area contributed by atoms with Crippen molar-refractivity contribution in [2.75, 3.05) is 32.2 Å². The first-order valence-electron chi connectivity index (χ1n) is 9.33. The topological polar surface area (TPSA) is 52.7 Å². The van der Waals surface area contributed by atoms with Crippen LogP contribution in [0.2, 0.25) is 0 Å². The summed E-state index contributed by atoms with van der Waals surface area (Å²) in [6, 6.07) is 7.77. The zero-order chi connectivity index (χ0) is 19.1. The van der Waals surface area contributed by atoms with E-state index >= 15 is 0 Å². The summed E-state index contributed by atoms with van der Waals surface area (Å²) in [7, 11) is 3.73. The molecule has 1 aliphatic carbocycles. The van der Waals surface area contributed by atoms with Gasteiger partial charge in [0.15, 0.2) is 0 Å². The highest BCUT2D eigenvalue weighted by Gasteiger charge is 2.28. The van der Waals surface area contributed by atoms with Crippen molar-refractivity contribution in [2.45, 2.75) is 56.0 Å². The van der Waals surface area contributed by atoms with Crippen LogP contribution in [0.3, 0.4) is 0 Å². The molecule has 0 spiro atoms. The van der Waals surface area contributed by atoms with Crippen molar-refractivity contribution in [1.29, 1.82) is 0 Å². The summed E-state index contributed by atoms with van der Waals surface area (Å²) in [5.74, 6) is -0.00863. The maximum absolute atomic E-state index is 12.8.